The van der Waals surface area contributed by atoms with Gasteiger partial charge >= 0.3 is 0 Å². The molecule has 0 saturated heterocycles. The molecule has 0 fully saturated rings. The van der Waals surface area contributed by atoms with Crippen LogP contribution in [0.25, 0.3) is 33.8 Å². The van der Waals surface area contributed by atoms with Crippen LogP contribution in [0.4, 0.5) is 0 Å². The molecule has 0 saturated carbocycles. The summed E-state index contributed by atoms with van der Waals surface area (Å²) in [6.45, 7) is 0. The average Bonchev–Trinajstić information content (AvgIpc) is 3.28. The zero-order chi connectivity index (χ0) is 17.7. The van der Waals surface area contributed by atoms with Gasteiger partial charge in [-0.3, -0.25) is 0 Å². The fourth-order valence-corrected chi connectivity index (χ4v) is 3.13. The molecule has 0 amide bonds. The number of rotatable bonds is 2. The van der Waals surface area contributed by atoms with Crippen LogP contribution in [0.5, 0.6) is 0 Å². The molecule has 0 N–H and O–H groups in total. The zero-order valence-corrected chi connectivity index (χ0v) is 14.7. The van der Waals surface area contributed by atoms with Crippen molar-refractivity contribution >= 4 is 39.9 Å². The highest BCUT2D eigenvalue weighted by atomic mass is 35.5. The number of para-hydroxylation sites is 1. The molecule has 3 heterocycles. The Labute approximate surface area is 157 Å². The second kappa shape index (κ2) is 5.79. The minimum atomic E-state index is 0.461. The highest BCUT2D eigenvalue weighted by Gasteiger charge is 2.14. The van der Waals surface area contributed by atoms with Gasteiger partial charge in [0.25, 0.3) is 0 Å². The molecule has 126 valence electrons. The Kier molecular flexibility index (Phi) is 3.41. The lowest BCUT2D eigenvalue weighted by Crippen LogP contribution is -1.98. The SMILES string of the molecule is Clc1ccc(-c2nc3c4cnn(-c5ccccc5)c4ncn3n2)cc1Cl. The predicted octanol–water partition coefficient (Wildman–Crippen LogP) is 4.44. The van der Waals surface area contributed by atoms with Gasteiger partial charge in [-0.15, -0.1) is 5.10 Å². The molecule has 3 aromatic heterocycles. The summed E-state index contributed by atoms with van der Waals surface area (Å²) in [4.78, 5) is 9.14. The molecular weight excluding hydrogens is 371 g/mol. The molecule has 0 atom stereocenters. The van der Waals surface area contributed by atoms with E-state index < -0.39 is 0 Å². The van der Waals surface area contributed by atoms with Gasteiger partial charge in [-0.1, -0.05) is 41.4 Å². The molecule has 0 radical (unpaired) electrons. The van der Waals surface area contributed by atoms with E-state index in [2.05, 4.69) is 20.2 Å². The minimum Gasteiger partial charge on any atom is -0.216 e. The van der Waals surface area contributed by atoms with Crippen LogP contribution in [-0.2, 0) is 0 Å². The lowest BCUT2D eigenvalue weighted by atomic mass is 10.2. The van der Waals surface area contributed by atoms with Gasteiger partial charge in [0.2, 0.25) is 0 Å². The van der Waals surface area contributed by atoms with Crippen LogP contribution in [0, 0.1) is 0 Å². The van der Waals surface area contributed by atoms with Crippen LogP contribution in [-0.4, -0.2) is 29.4 Å². The highest BCUT2D eigenvalue weighted by molar-refractivity contribution is 6.42. The number of benzene rings is 2. The van der Waals surface area contributed by atoms with Gasteiger partial charge in [0.1, 0.15) is 6.33 Å². The smallest absolute Gasteiger partial charge is 0.182 e. The molecule has 0 unspecified atom stereocenters. The number of hydrogen-bond donors (Lipinski definition) is 0. The standard InChI is InChI=1S/C18H10Cl2N6/c19-14-7-6-11(8-15(14)20)16-23-18-13-9-22-26(12-4-2-1-3-5-12)17(13)21-10-25(18)24-16/h1-10H. The molecule has 6 nitrogen and oxygen atoms in total. The van der Waals surface area contributed by atoms with Crippen LogP contribution in [0.15, 0.2) is 61.1 Å². The Bertz CT molecular complexity index is 1260. The van der Waals surface area contributed by atoms with Gasteiger partial charge in [-0.25, -0.2) is 19.2 Å². The summed E-state index contributed by atoms with van der Waals surface area (Å²) in [7, 11) is 0. The summed E-state index contributed by atoms with van der Waals surface area (Å²) < 4.78 is 3.42. The molecule has 0 aliphatic rings. The maximum atomic E-state index is 6.11. The molecule has 0 aliphatic carbocycles. The van der Waals surface area contributed by atoms with Crippen LogP contribution >= 0.6 is 23.2 Å². The van der Waals surface area contributed by atoms with E-state index in [1.807, 2.05) is 36.4 Å². The normalized spacial score (nSPS) is 11.5. The van der Waals surface area contributed by atoms with Gasteiger partial charge in [-0.05, 0) is 30.3 Å². The van der Waals surface area contributed by atoms with Gasteiger partial charge in [0.15, 0.2) is 17.1 Å². The lowest BCUT2D eigenvalue weighted by molar-refractivity contribution is 0.882. The molecule has 5 aromatic rings. The van der Waals surface area contributed by atoms with Gasteiger partial charge in [0, 0.05) is 5.56 Å². The first kappa shape index (κ1) is 15.3. The Morgan fingerprint density at radius 1 is 0.885 bits per heavy atom. The number of aromatic nitrogens is 6. The van der Waals surface area contributed by atoms with Crippen LogP contribution in [0.1, 0.15) is 0 Å². The van der Waals surface area contributed by atoms with Crippen LogP contribution in [0.2, 0.25) is 10.0 Å². The first-order chi connectivity index (χ1) is 12.7. The second-order valence-corrected chi connectivity index (χ2v) is 6.52. The summed E-state index contributed by atoms with van der Waals surface area (Å²) in [6.07, 6.45) is 3.38. The minimum absolute atomic E-state index is 0.461. The third kappa shape index (κ3) is 2.34. The second-order valence-electron chi connectivity index (χ2n) is 5.71. The molecular formula is C18H10Cl2N6. The van der Waals surface area contributed by atoms with Crippen molar-refractivity contribution in [1.82, 2.24) is 29.4 Å². The van der Waals surface area contributed by atoms with Crippen molar-refractivity contribution in [3.8, 4) is 17.1 Å². The van der Waals surface area contributed by atoms with Crippen molar-refractivity contribution in [3.05, 3.63) is 71.1 Å². The highest BCUT2D eigenvalue weighted by Crippen LogP contribution is 2.28. The van der Waals surface area contributed by atoms with Crippen molar-refractivity contribution in [3.63, 3.8) is 0 Å². The molecule has 8 heteroatoms. The van der Waals surface area contributed by atoms with Crippen molar-refractivity contribution in [1.29, 1.82) is 0 Å². The third-order valence-electron chi connectivity index (χ3n) is 4.08. The maximum absolute atomic E-state index is 6.11. The Morgan fingerprint density at radius 3 is 2.54 bits per heavy atom. The summed E-state index contributed by atoms with van der Waals surface area (Å²) in [5, 5.41) is 10.7. The van der Waals surface area contributed by atoms with Crippen molar-refractivity contribution < 1.29 is 0 Å². The van der Waals surface area contributed by atoms with E-state index in [4.69, 9.17) is 23.2 Å². The summed E-state index contributed by atoms with van der Waals surface area (Å²) >= 11 is 12.1. The van der Waals surface area contributed by atoms with E-state index >= 15 is 0 Å². The van der Waals surface area contributed by atoms with Gasteiger partial charge < -0.3 is 0 Å². The van der Waals surface area contributed by atoms with Crippen LogP contribution in [0.3, 0.4) is 0 Å². The quantitative estimate of drug-likeness (QED) is 0.454. The number of fused-ring (bicyclic) bond motifs is 3. The average molecular weight is 381 g/mol. The first-order valence-corrected chi connectivity index (χ1v) is 8.56. The molecule has 5 rings (SSSR count). The number of hydrogen-bond acceptors (Lipinski definition) is 4. The molecule has 0 aliphatic heterocycles. The number of nitrogens with zero attached hydrogens (tertiary/aromatic N) is 6. The van der Waals surface area contributed by atoms with E-state index in [0.717, 1.165) is 22.3 Å². The summed E-state index contributed by atoms with van der Waals surface area (Å²) in [5.41, 5.74) is 3.12. The maximum Gasteiger partial charge on any atom is 0.182 e. The van der Waals surface area contributed by atoms with E-state index in [9.17, 15) is 0 Å². The summed E-state index contributed by atoms with van der Waals surface area (Å²) in [6, 6.07) is 15.1. The molecule has 0 bridgehead atoms. The van der Waals surface area contributed by atoms with Gasteiger partial charge in [-0.2, -0.15) is 5.10 Å². The van der Waals surface area contributed by atoms with E-state index in [1.165, 1.54) is 0 Å². The summed E-state index contributed by atoms with van der Waals surface area (Å²) in [5.74, 6) is 0.547. The Balaban J connectivity index is 1.70. The monoisotopic (exact) mass is 380 g/mol. The van der Waals surface area contributed by atoms with Crippen molar-refractivity contribution in [2.45, 2.75) is 0 Å². The first-order valence-electron chi connectivity index (χ1n) is 7.81. The van der Waals surface area contributed by atoms with E-state index in [-0.39, 0.29) is 0 Å². The fourth-order valence-electron chi connectivity index (χ4n) is 2.84. The van der Waals surface area contributed by atoms with E-state index in [1.54, 1.807) is 33.9 Å². The fraction of sp³-hybridized carbons (Fsp3) is 0. The Hall–Kier alpha value is -2.96. The lowest BCUT2D eigenvalue weighted by Gasteiger charge is -2.01. The molecule has 0 spiro atoms. The topological polar surface area (TPSA) is 60.9 Å². The third-order valence-corrected chi connectivity index (χ3v) is 4.82. The largest absolute Gasteiger partial charge is 0.216 e. The Morgan fingerprint density at radius 2 is 1.73 bits per heavy atom. The van der Waals surface area contributed by atoms with E-state index in [0.29, 0.717) is 21.5 Å². The van der Waals surface area contributed by atoms with Crippen molar-refractivity contribution in [2.75, 3.05) is 0 Å². The van der Waals surface area contributed by atoms with Crippen LogP contribution < -0.4 is 0 Å². The predicted molar refractivity (Wildman–Crippen MR) is 101 cm³/mol. The molecule has 26 heavy (non-hydrogen) atoms. The van der Waals surface area contributed by atoms with Gasteiger partial charge in [0.05, 0.1) is 27.3 Å². The number of halogens is 2. The zero-order valence-electron chi connectivity index (χ0n) is 13.2. The molecule has 2 aromatic carbocycles. The van der Waals surface area contributed by atoms with Crippen molar-refractivity contribution in [2.24, 2.45) is 0 Å².